The highest BCUT2D eigenvalue weighted by molar-refractivity contribution is 7.92. The summed E-state index contributed by atoms with van der Waals surface area (Å²) in [6, 6.07) is 15.6. The van der Waals surface area contributed by atoms with E-state index in [4.69, 9.17) is 4.74 Å². The lowest BCUT2D eigenvalue weighted by Crippen LogP contribution is -2.35. The highest BCUT2D eigenvalue weighted by Crippen LogP contribution is 2.26. The molecule has 4 rings (SSSR count). The highest BCUT2D eigenvalue weighted by atomic mass is 32.2. The Balaban J connectivity index is 1.49. The quantitative estimate of drug-likeness (QED) is 0.567. The van der Waals surface area contributed by atoms with Crippen molar-refractivity contribution in [3.05, 3.63) is 76.0 Å². The maximum atomic E-state index is 12.8. The van der Waals surface area contributed by atoms with Crippen LogP contribution in [0.4, 0.5) is 5.69 Å². The number of hydrogen-bond acceptors (Lipinski definition) is 5. The third-order valence-electron chi connectivity index (χ3n) is 5.10. The number of carbonyl (C=O) groups is 1. The smallest absolute Gasteiger partial charge is 0.264 e. The predicted octanol–water partition coefficient (Wildman–Crippen LogP) is 4.54. The van der Waals surface area contributed by atoms with Crippen LogP contribution in [0.15, 0.2) is 64.9 Å². The fraction of sp³-hybridized carbons (Fsp3) is 0.261. The molecule has 1 N–H and O–H groups in total. The first-order chi connectivity index (χ1) is 15.0. The molecule has 162 valence electrons. The Labute approximate surface area is 186 Å². The fourth-order valence-corrected chi connectivity index (χ4v) is 5.24. The Morgan fingerprint density at radius 1 is 1.13 bits per heavy atom. The molecule has 0 unspecified atom stereocenters. The van der Waals surface area contributed by atoms with Gasteiger partial charge in [-0.3, -0.25) is 9.52 Å². The Morgan fingerprint density at radius 2 is 1.94 bits per heavy atom. The summed E-state index contributed by atoms with van der Waals surface area (Å²) in [4.78, 5) is 15.4. The van der Waals surface area contributed by atoms with Crippen molar-refractivity contribution in [3.63, 3.8) is 0 Å². The molecule has 0 bridgehead atoms. The van der Waals surface area contributed by atoms with Crippen molar-refractivity contribution in [3.8, 4) is 5.75 Å². The van der Waals surface area contributed by atoms with Crippen LogP contribution in [0.5, 0.6) is 5.75 Å². The number of thiophene rings is 1. The maximum Gasteiger partial charge on any atom is 0.264 e. The Hall–Kier alpha value is -2.84. The zero-order valence-corrected chi connectivity index (χ0v) is 18.8. The molecule has 0 spiro atoms. The summed E-state index contributed by atoms with van der Waals surface area (Å²) in [6.45, 7) is 3.72. The topological polar surface area (TPSA) is 75.7 Å². The van der Waals surface area contributed by atoms with E-state index in [1.165, 1.54) is 23.5 Å². The number of nitrogens with zero attached hydrogens (tertiary/aromatic N) is 1. The molecular weight excluding hydrogens is 432 g/mol. The summed E-state index contributed by atoms with van der Waals surface area (Å²) in [5.74, 6) is 0.655. The monoisotopic (exact) mass is 456 g/mol. The normalized spacial score (nSPS) is 13.5. The van der Waals surface area contributed by atoms with Gasteiger partial charge < -0.3 is 9.64 Å². The lowest BCUT2D eigenvalue weighted by molar-refractivity contribution is 0.0739. The summed E-state index contributed by atoms with van der Waals surface area (Å²) in [6.07, 6.45) is 1.63. The SMILES string of the molecule is CCCOc1ccc(S(=O)(=O)Nc2ccc3c(c2)CN(C(=O)c2cccs2)CC3)cc1. The highest BCUT2D eigenvalue weighted by Gasteiger charge is 2.23. The molecule has 1 aromatic heterocycles. The first-order valence-electron chi connectivity index (χ1n) is 10.2. The average molecular weight is 457 g/mol. The van der Waals surface area contributed by atoms with Gasteiger partial charge in [-0.1, -0.05) is 19.1 Å². The van der Waals surface area contributed by atoms with Gasteiger partial charge in [-0.25, -0.2) is 8.42 Å². The molecule has 6 nitrogen and oxygen atoms in total. The van der Waals surface area contributed by atoms with E-state index in [1.807, 2.05) is 41.5 Å². The van der Waals surface area contributed by atoms with E-state index >= 15 is 0 Å². The second kappa shape index (κ2) is 9.11. The molecule has 0 radical (unpaired) electrons. The minimum Gasteiger partial charge on any atom is -0.494 e. The third kappa shape index (κ3) is 4.91. The van der Waals surface area contributed by atoms with Gasteiger partial charge in [-0.05, 0) is 71.8 Å². The number of anilines is 1. The molecule has 3 aromatic rings. The number of fused-ring (bicyclic) bond motifs is 1. The van der Waals surface area contributed by atoms with E-state index in [0.29, 0.717) is 36.0 Å². The van der Waals surface area contributed by atoms with E-state index < -0.39 is 10.0 Å². The molecule has 0 saturated carbocycles. The lowest BCUT2D eigenvalue weighted by atomic mass is 9.99. The third-order valence-corrected chi connectivity index (χ3v) is 7.35. The summed E-state index contributed by atoms with van der Waals surface area (Å²) < 4.78 is 33.8. The van der Waals surface area contributed by atoms with Crippen LogP contribution in [-0.2, 0) is 23.0 Å². The van der Waals surface area contributed by atoms with E-state index in [1.54, 1.807) is 18.2 Å². The molecule has 2 heterocycles. The van der Waals surface area contributed by atoms with E-state index in [9.17, 15) is 13.2 Å². The summed E-state index contributed by atoms with van der Waals surface area (Å²) in [7, 11) is -3.73. The van der Waals surface area contributed by atoms with Gasteiger partial charge in [-0.15, -0.1) is 11.3 Å². The second-order valence-electron chi connectivity index (χ2n) is 7.36. The average Bonchev–Trinajstić information content (AvgIpc) is 3.31. The van der Waals surface area contributed by atoms with Crippen molar-refractivity contribution < 1.29 is 17.9 Å². The van der Waals surface area contributed by atoms with Crippen LogP contribution >= 0.6 is 11.3 Å². The maximum absolute atomic E-state index is 12.8. The number of benzene rings is 2. The van der Waals surface area contributed by atoms with Gasteiger partial charge >= 0.3 is 0 Å². The first-order valence-corrected chi connectivity index (χ1v) is 12.5. The largest absolute Gasteiger partial charge is 0.494 e. The molecule has 1 amide bonds. The molecule has 2 aromatic carbocycles. The van der Waals surface area contributed by atoms with Crippen LogP contribution in [0.1, 0.15) is 34.1 Å². The van der Waals surface area contributed by atoms with Gasteiger partial charge in [0.2, 0.25) is 0 Å². The molecule has 0 saturated heterocycles. The zero-order chi connectivity index (χ0) is 21.8. The van der Waals surface area contributed by atoms with Crippen molar-refractivity contribution >= 4 is 33.0 Å². The van der Waals surface area contributed by atoms with Gasteiger partial charge in [0.1, 0.15) is 5.75 Å². The Bertz CT molecular complexity index is 1160. The Kier molecular flexibility index (Phi) is 6.29. The number of carbonyl (C=O) groups excluding carboxylic acids is 1. The van der Waals surface area contributed by atoms with Crippen molar-refractivity contribution in [2.45, 2.75) is 31.2 Å². The molecule has 0 fully saturated rings. The second-order valence-corrected chi connectivity index (χ2v) is 9.99. The molecule has 0 atom stereocenters. The van der Waals surface area contributed by atoms with Crippen molar-refractivity contribution in [2.75, 3.05) is 17.9 Å². The van der Waals surface area contributed by atoms with Crippen LogP contribution in [0.3, 0.4) is 0 Å². The molecule has 1 aliphatic rings. The number of rotatable bonds is 7. The van der Waals surface area contributed by atoms with Crippen molar-refractivity contribution in [1.82, 2.24) is 4.90 Å². The summed E-state index contributed by atoms with van der Waals surface area (Å²) in [5.41, 5.74) is 2.57. The number of nitrogens with one attached hydrogen (secondary N) is 1. The van der Waals surface area contributed by atoms with Crippen molar-refractivity contribution in [1.29, 1.82) is 0 Å². The lowest BCUT2D eigenvalue weighted by Gasteiger charge is -2.29. The molecule has 8 heteroatoms. The van der Waals surface area contributed by atoms with E-state index in [0.717, 1.165) is 24.0 Å². The van der Waals surface area contributed by atoms with Crippen LogP contribution in [0.2, 0.25) is 0 Å². The van der Waals surface area contributed by atoms with Crippen LogP contribution in [-0.4, -0.2) is 32.4 Å². The van der Waals surface area contributed by atoms with Crippen molar-refractivity contribution in [2.24, 2.45) is 0 Å². The predicted molar refractivity (Wildman–Crippen MR) is 122 cm³/mol. The first kappa shape index (κ1) is 21.4. The standard InChI is InChI=1S/C23H24N2O4S2/c1-2-13-29-20-7-9-21(10-8-20)31(27,28)24-19-6-5-17-11-12-25(16-18(17)15-19)23(26)22-4-3-14-30-22/h3-10,14-15,24H,2,11-13,16H2,1H3. The van der Waals surface area contributed by atoms with E-state index in [-0.39, 0.29) is 10.8 Å². The Morgan fingerprint density at radius 3 is 2.65 bits per heavy atom. The molecule has 0 aliphatic carbocycles. The number of sulfonamides is 1. The van der Waals surface area contributed by atoms with E-state index in [2.05, 4.69) is 4.72 Å². The van der Waals surface area contributed by atoms with Gasteiger partial charge in [-0.2, -0.15) is 0 Å². The van der Waals surface area contributed by atoms with Gasteiger partial charge in [0.05, 0.1) is 16.4 Å². The minimum absolute atomic E-state index is 0.0111. The fourth-order valence-electron chi connectivity index (χ4n) is 3.50. The zero-order valence-electron chi connectivity index (χ0n) is 17.2. The number of hydrogen-bond donors (Lipinski definition) is 1. The van der Waals surface area contributed by atoms with Crippen LogP contribution < -0.4 is 9.46 Å². The summed E-state index contributed by atoms with van der Waals surface area (Å²) >= 11 is 1.43. The van der Waals surface area contributed by atoms with Gasteiger partial charge in [0, 0.05) is 18.8 Å². The summed E-state index contributed by atoms with van der Waals surface area (Å²) in [5, 5.41) is 1.89. The molecule has 31 heavy (non-hydrogen) atoms. The molecule has 1 aliphatic heterocycles. The van der Waals surface area contributed by atoms with Crippen LogP contribution in [0.25, 0.3) is 0 Å². The van der Waals surface area contributed by atoms with Gasteiger partial charge in [0.15, 0.2) is 0 Å². The number of amides is 1. The molecular formula is C23H24N2O4S2. The minimum atomic E-state index is -3.73. The number of ether oxygens (including phenoxy) is 1. The van der Waals surface area contributed by atoms with Crippen LogP contribution in [0, 0.1) is 0 Å². The van der Waals surface area contributed by atoms with Gasteiger partial charge in [0.25, 0.3) is 15.9 Å².